The van der Waals surface area contributed by atoms with Crippen LogP contribution in [0.2, 0.25) is 0 Å². The smallest absolute Gasteiger partial charge is 0.231 e. The van der Waals surface area contributed by atoms with Crippen molar-refractivity contribution < 1.29 is 4.73 Å². The van der Waals surface area contributed by atoms with E-state index in [0.717, 1.165) is 26.8 Å². The Balaban J connectivity index is 2.17. The van der Waals surface area contributed by atoms with Crippen LogP contribution in [0.3, 0.4) is 0 Å². The van der Waals surface area contributed by atoms with Crippen LogP contribution in [0.4, 0.5) is 0 Å². The maximum absolute atomic E-state index is 12.1. The van der Waals surface area contributed by atoms with Gasteiger partial charge in [-0.3, -0.25) is 0 Å². The summed E-state index contributed by atoms with van der Waals surface area (Å²) in [5.74, 6) is 0. The summed E-state index contributed by atoms with van der Waals surface area (Å²) < 4.78 is 0.947. The second-order valence-electron chi connectivity index (χ2n) is 6.40. The minimum atomic E-state index is 0.135. The van der Waals surface area contributed by atoms with Crippen molar-refractivity contribution in [2.24, 2.45) is 0 Å². The fraction of sp³-hybridized carbons (Fsp3) is 0.211. The lowest BCUT2D eigenvalue weighted by atomic mass is 9.86. The Labute approximate surface area is 125 Å². The molecule has 0 aliphatic carbocycles. The summed E-state index contributed by atoms with van der Waals surface area (Å²) >= 11 is 0. The van der Waals surface area contributed by atoms with Crippen molar-refractivity contribution in [1.82, 2.24) is 0 Å². The highest BCUT2D eigenvalue weighted by Crippen LogP contribution is 2.29. The first-order chi connectivity index (χ1) is 9.97. The van der Waals surface area contributed by atoms with E-state index in [4.69, 9.17) is 0 Å². The Kier molecular flexibility index (Phi) is 3.17. The number of para-hydroxylation sites is 1. The lowest BCUT2D eigenvalue weighted by Gasteiger charge is -2.19. The molecule has 0 aliphatic rings. The van der Waals surface area contributed by atoms with E-state index < -0.39 is 0 Å². The van der Waals surface area contributed by atoms with E-state index in [9.17, 15) is 5.21 Å². The maximum atomic E-state index is 12.1. The van der Waals surface area contributed by atoms with Gasteiger partial charge >= 0.3 is 0 Å². The average molecular weight is 277 g/mol. The predicted molar refractivity (Wildman–Crippen MR) is 87.0 cm³/mol. The van der Waals surface area contributed by atoms with Gasteiger partial charge in [-0.2, -0.15) is 4.73 Å². The van der Waals surface area contributed by atoms with Gasteiger partial charge in [0.2, 0.25) is 5.52 Å². The van der Waals surface area contributed by atoms with Gasteiger partial charge in [-0.15, -0.1) is 0 Å². The van der Waals surface area contributed by atoms with Crippen LogP contribution in [0.15, 0.2) is 60.8 Å². The van der Waals surface area contributed by atoms with Crippen LogP contribution >= 0.6 is 0 Å². The molecule has 0 saturated heterocycles. The third-order valence-corrected chi connectivity index (χ3v) is 3.85. The Morgan fingerprint density at radius 1 is 0.857 bits per heavy atom. The molecule has 1 aromatic heterocycles. The van der Waals surface area contributed by atoms with Crippen molar-refractivity contribution in [3.05, 3.63) is 71.6 Å². The summed E-state index contributed by atoms with van der Waals surface area (Å²) in [7, 11) is 0. The number of pyridine rings is 1. The summed E-state index contributed by atoms with van der Waals surface area (Å²) in [5.41, 5.74) is 4.20. The van der Waals surface area contributed by atoms with Crippen LogP contribution < -0.4 is 4.73 Å². The summed E-state index contributed by atoms with van der Waals surface area (Å²) in [5, 5.41) is 13.1. The molecule has 0 amide bonds. The Morgan fingerprint density at radius 3 is 2.19 bits per heavy atom. The van der Waals surface area contributed by atoms with E-state index >= 15 is 0 Å². The van der Waals surface area contributed by atoms with E-state index in [1.165, 1.54) is 5.56 Å². The Morgan fingerprint density at radius 2 is 1.52 bits per heavy atom. The standard InChI is InChI=1S/C19H19NO/c1-19(2,3)16-11-9-14(10-12-16)17-8-4-6-15-7-5-13-20(21)18(15)17/h4-13H,1-3H3. The predicted octanol–water partition coefficient (Wildman–Crippen LogP) is 4.44. The van der Waals surface area contributed by atoms with Crippen molar-refractivity contribution in [3.63, 3.8) is 0 Å². The molecule has 106 valence electrons. The number of fused-ring (bicyclic) bond motifs is 1. The first-order valence-electron chi connectivity index (χ1n) is 7.19. The number of hydrogen-bond donors (Lipinski definition) is 0. The van der Waals surface area contributed by atoms with Crippen molar-refractivity contribution in [2.75, 3.05) is 0 Å². The number of nitrogens with zero attached hydrogens (tertiary/aromatic N) is 1. The zero-order valence-corrected chi connectivity index (χ0v) is 12.6. The molecule has 0 radical (unpaired) electrons. The molecule has 21 heavy (non-hydrogen) atoms. The highest BCUT2D eigenvalue weighted by Gasteiger charge is 2.15. The molecule has 2 aromatic carbocycles. The second-order valence-corrected chi connectivity index (χ2v) is 6.40. The molecule has 0 N–H and O–H groups in total. The van der Waals surface area contributed by atoms with Gasteiger partial charge in [-0.05, 0) is 34.7 Å². The van der Waals surface area contributed by atoms with E-state index in [-0.39, 0.29) is 5.41 Å². The lowest BCUT2D eigenvalue weighted by molar-refractivity contribution is -0.576. The van der Waals surface area contributed by atoms with E-state index in [1.807, 2.05) is 24.3 Å². The second kappa shape index (κ2) is 4.88. The molecular formula is C19H19NO. The fourth-order valence-corrected chi connectivity index (χ4v) is 2.62. The highest BCUT2D eigenvalue weighted by molar-refractivity contribution is 5.91. The molecule has 0 bridgehead atoms. The Hall–Kier alpha value is -2.35. The molecule has 2 heteroatoms. The normalized spacial score (nSPS) is 11.8. The van der Waals surface area contributed by atoms with Gasteiger partial charge in [0.05, 0.1) is 5.56 Å². The first kappa shape index (κ1) is 13.6. The van der Waals surface area contributed by atoms with Crippen molar-refractivity contribution >= 4 is 10.9 Å². The van der Waals surface area contributed by atoms with Gasteiger partial charge in [0, 0.05) is 11.5 Å². The fourth-order valence-electron chi connectivity index (χ4n) is 2.62. The zero-order chi connectivity index (χ0) is 15.0. The SMILES string of the molecule is CC(C)(C)c1ccc(-c2cccc3ccc[n+]([O-])c23)cc1. The minimum absolute atomic E-state index is 0.135. The summed E-state index contributed by atoms with van der Waals surface area (Å²) in [4.78, 5) is 0. The topological polar surface area (TPSA) is 26.9 Å². The number of rotatable bonds is 1. The quantitative estimate of drug-likeness (QED) is 0.477. The van der Waals surface area contributed by atoms with Crippen LogP contribution in [0.1, 0.15) is 26.3 Å². The van der Waals surface area contributed by atoms with Crippen molar-refractivity contribution in [3.8, 4) is 11.1 Å². The van der Waals surface area contributed by atoms with Gasteiger partial charge in [0.25, 0.3) is 0 Å². The van der Waals surface area contributed by atoms with Gasteiger partial charge in [0.15, 0.2) is 6.20 Å². The molecule has 0 unspecified atom stereocenters. The first-order valence-corrected chi connectivity index (χ1v) is 7.19. The third kappa shape index (κ3) is 2.49. The van der Waals surface area contributed by atoms with Crippen LogP contribution in [-0.2, 0) is 5.41 Å². The van der Waals surface area contributed by atoms with E-state index in [2.05, 4.69) is 45.0 Å². The van der Waals surface area contributed by atoms with Gasteiger partial charge in [0.1, 0.15) is 0 Å². The van der Waals surface area contributed by atoms with Crippen LogP contribution in [0.25, 0.3) is 22.0 Å². The summed E-state index contributed by atoms with van der Waals surface area (Å²) in [6.45, 7) is 6.60. The minimum Gasteiger partial charge on any atom is -0.618 e. The van der Waals surface area contributed by atoms with Gasteiger partial charge in [-0.1, -0.05) is 51.1 Å². The molecule has 0 spiro atoms. The van der Waals surface area contributed by atoms with Crippen LogP contribution in [0.5, 0.6) is 0 Å². The molecule has 0 aliphatic heterocycles. The lowest BCUT2D eigenvalue weighted by Crippen LogP contribution is -2.26. The number of hydrogen-bond acceptors (Lipinski definition) is 1. The molecule has 0 fully saturated rings. The summed E-state index contributed by atoms with van der Waals surface area (Å²) in [6, 6.07) is 18.2. The zero-order valence-electron chi connectivity index (χ0n) is 12.6. The molecule has 0 saturated carbocycles. The maximum Gasteiger partial charge on any atom is 0.231 e. The molecule has 1 heterocycles. The van der Waals surface area contributed by atoms with Gasteiger partial charge in [-0.25, -0.2) is 0 Å². The summed E-state index contributed by atoms with van der Waals surface area (Å²) in [6.07, 6.45) is 1.55. The number of benzene rings is 2. The average Bonchev–Trinajstić information content (AvgIpc) is 2.46. The molecule has 3 rings (SSSR count). The highest BCUT2D eigenvalue weighted by atomic mass is 16.5. The number of aromatic nitrogens is 1. The van der Waals surface area contributed by atoms with Crippen molar-refractivity contribution in [2.45, 2.75) is 26.2 Å². The van der Waals surface area contributed by atoms with E-state index in [0.29, 0.717) is 0 Å². The molecule has 2 nitrogen and oxygen atoms in total. The van der Waals surface area contributed by atoms with Gasteiger partial charge < -0.3 is 5.21 Å². The van der Waals surface area contributed by atoms with Crippen molar-refractivity contribution in [1.29, 1.82) is 0 Å². The molecule has 3 aromatic rings. The van der Waals surface area contributed by atoms with E-state index in [1.54, 1.807) is 12.3 Å². The largest absolute Gasteiger partial charge is 0.618 e. The molecule has 0 atom stereocenters. The molecular weight excluding hydrogens is 258 g/mol. The van der Waals surface area contributed by atoms with Crippen LogP contribution in [0, 0.1) is 5.21 Å². The third-order valence-electron chi connectivity index (χ3n) is 3.85. The monoisotopic (exact) mass is 277 g/mol. The van der Waals surface area contributed by atoms with Crippen LogP contribution in [-0.4, -0.2) is 0 Å². The Bertz CT molecular complexity index is 778.